The normalized spacial score (nSPS) is 14.2. The first-order valence-electron chi connectivity index (χ1n) is 4.29. The molecule has 7 heteroatoms. The Morgan fingerprint density at radius 3 is 2.56 bits per heavy atom. The van der Waals surface area contributed by atoms with E-state index in [1.54, 1.807) is 24.3 Å². The van der Waals surface area contributed by atoms with Gasteiger partial charge in [-0.25, -0.2) is 14.1 Å². The van der Waals surface area contributed by atoms with Gasteiger partial charge < -0.3 is 4.98 Å². The zero-order chi connectivity index (χ0) is 11.8. The van der Waals surface area contributed by atoms with Crippen LogP contribution in [0.4, 0.5) is 17.6 Å². The molecule has 0 aliphatic heterocycles. The molecule has 2 rings (SSSR count). The lowest BCUT2D eigenvalue weighted by Gasteiger charge is -2.09. The minimum Gasteiger partial charge on any atom is -0.337 e. The van der Waals surface area contributed by atoms with E-state index in [2.05, 4.69) is 14.7 Å². The Labute approximate surface area is 87.0 Å². The van der Waals surface area contributed by atoms with Gasteiger partial charge in [-0.3, -0.25) is 0 Å². The van der Waals surface area contributed by atoms with Gasteiger partial charge in [0.1, 0.15) is 0 Å². The summed E-state index contributed by atoms with van der Waals surface area (Å²) in [6.07, 6.45) is -7.68. The van der Waals surface area contributed by atoms with Gasteiger partial charge in [0.15, 0.2) is 5.82 Å². The molecule has 0 saturated heterocycles. The summed E-state index contributed by atoms with van der Waals surface area (Å²) in [5, 5.41) is 0. The number of nitrogens with one attached hydrogen (secondary N) is 1. The largest absolute Gasteiger partial charge is 0.525 e. The first kappa shape index (κ1) is 10.9. The Bertz CT molecular complexity index is 460. The molecule has 86 valence electrons. The van der Waals surface area contributed by atoms with Crippen molar-refractivity contribution >= 4 is 11.0 Å². The molecule has 1 heterocycles. The van der Waals surface area contributed by atoms with E-state index in [4.69, 9.17) is 0 Å². The van der Waals surface area contributed by atoms with Crippen molar-refractivity contribution in [2.24, 2.45) is 0 Å². The molecule has 0 radical (unpaired) electrons. The van der Waals surface area contributed by atoms with Crippen molar-refractivity contribution in [1.82, 2.24) is 9.97 Å². The van der Waals surface area contributed by atoms with E-state index in [-0.39, 0.29) is 0 Å². The summed E-state index contributed by atoms with van der Waals surface area (Å²) in [6, 6.07) is 6.43. The topological polar surface area (TPSA) is 37.9 Å². The molecule has 0 fully saturated rings. The number of nitrogens with zero attached hydrogens (tertiary/aromatic N) is 1. The maximum atomic E-state index is 13.0. The fourth-order valence-electron chi connectivity index (χ4n) is 1.25. The summed E-state index contributed by atoms with van der Waals surface area (Å²) in [6.45, 7) is 0. The summed E-state index contributed by atoms with van der Waals surface area (Å²) >= 11 is 0. The summed E-state index contributed by atoms with van der Waals surface area (Å²) in [5.74, 6) is -0.501. The second-order valence-corrected chi connectivity index (χ2v) is 3.02. The average Bonchev–Trinajstić information content (AvgIpc) is 2.58. The zero-order valence-corrected chi connectivity index (χ0v) is 7.75. The number of benzene rings is 1. The predicted molar refractivity (Wildman–Crippen MR) is 47.1 cm³/mol. The molecule has 16 heavy (non-hydrogen) atoms. The first-order chi connectivity index (χ1) is 7.46. The average molecular weight is 234 g/mol. The number of H-pyrrole nitrogens is 1. The fraction of sp³-hybridized carbons (Fsp3) is 0.222. The molecule has 1 atom stereocenters. The third kappa shape index (κ3) is 2.30. The highest BCUT2D eigenvalue weighted by atomic mass is 19.4. The van der Waals surface area contributed by atoms with Crippen molar-refractivity contribution < 1.29 is 22.3 Å². The molecule has 1 aromatic carbocycles. The molecule has 0 amide bonds. The highest BCUT2D eigenvalue weighted by Crippen LogP contribution is 2.28. The monoisotopic (exact) mass is 234 g/mol. The van der Waals surface area contributed by atoms with Crippen LogP contribution in [0.15, 0.2) is 24.3 Å². The minimum absolute atomic E-state index is 0.380. The van der Waals surface area contributed by atoms with Crippen molar-refractivity contribution in [3.05, 3.63) is 30.1 Å². The van der Waals surface area contributed by atoms with Crippen molar-refractivity contribution in [2.75, 3.05) is 0 Å². The van der Waals surface area contributed by atoms with E-state index in [0.29, 0.717) is 11.0 Å². The zero-order valence-electron chi connectivity index (χ0n) is 7.75. The number of ether oxygens (including phenoxy) is 1. The van der Waals surface area contributed by atoms with Crippen LogP contribution < -0.4 is 0 Å². The molecule has 0 aliphatic carbocycles. The Morgan fingerprint density at radius 1 is 1.25 bits per heavy atom. The van der Waals surface area contributed by atoms with Crippen molar-refractivity contribution in [1.29, 1.82) is 0 Å². The van der Waals surface area contributed by atoms with Gasteiger partial charge in [-0.05, 0) is 12.1 Å². The number of aromatic amines is 1. The Kier molecular flexibility index (Phi) is 2.55. The van der Waals surface area contributed by atoms with Crippen LogP contribution in [0.3, 0.4) is 0 Å². The summed E-state index contributed by atoms with van der Waals surface area (Å²) < 4.78 is 51.5. The van der Waals surface area contributed by atoms with Gasteiger partial charge >= 0.3 is 6.36 Å². The maximum Gasteiger partial charge on any atom is 0.525 e. The van der Waals surface area contributed by atoms with Gasteiger partial charge in [0.2, 0.25) is 0 Å². The third-order valence-corrected chi connectivity index (χ3v) is 1.86. The Morgan fingerprint density at radius 2 is 1.94 bits per heavy atom. The number of hydrogen-bond acceptors (Lipinski definition) is 2. The number of alkyl halides is 4. The van der Waals surface area contributed by atoms with Crippen LogP contribution in [0.2, 0.25) is 0 Å². The highest BCUT2D eigenvalue weighted by Gasteiger charge is 2.35. The van der Waals surface area contributed by atoms with Crippen LogP contribution in [-0.4, -0.2) is 16.3 Å². The van der Waals surface area contributed by atoms with Gasteiger partial charge in [-0.1, -0.05) is 12.1 Å². The van der Waals surface area contributed by atoms with Gasteiger partial charge in [-0.15, -0.1) is 13.2 Å². The number of para-hydroxylation sites is 2. The van der Waals surface area contributed by atoms with Crippen molar-refractivity contribution in [3.63, 3.8) is 0 Å². The van der Waals surface area contributed by atoms with Gasteiger partial charge in [0.05, 0.1) is 11.0 Å². The van der Waals surface area contributed by atoms with E-state index in [9.17, 15) is 17.6 Å². The quantitative estimate of drug-likeness (QED) is 0.811. The standard InChI is InChI=1S/C9H6F4N2O/c10-7(16-9(11,12)13)8-14-5-3-1-2-4-6(5)15-8/h1-4,7H,(H,14,15)/t7-/m0/s1. The number of rotatable bonds is 2. The minimum atomic E-state index is -5.03. The van der Waals surface area contributed by atoms with E-state index < -0.39 is 18.5 Å². The van der Waals surface area contributed by atoms with E-state index in [0.717, 1.165) is 0 Å². The summed E-state index contributed by atoms with van der Waals surface area (Å²) in [5.41, 5.74) is 0.830. The Hall–Kier alpha value is -1.63. The van der Waals surface area contributed by atoms with Crippen LogP contribution in [0, 0.1) is 0 Å². The molecule has 3 nitrogen and oxygen atoms in total. The lowest BCUT2D eigenvalue weighted by atomic mass is 10.3. The SMILES string of the molecule is F[C@@H](OC(F)(F)F)c1nc2ccccc2[nH]1. The van der Waals surface area contributed by atoms with Gasteiger partial charge in [0, 0.05) is 0 Å². The smallest absolute Gasteiger partial charge is 0.337 e. The lowest BCUT2D eigenvalue weighted by molar-refractivity contribution is -0.364. The number of imidazole rings is 1. The van der Waals surface area contributed by atoms with Crippen LogP contribution in [0.5, 0.6) is 0 Å². The summed E-state index contributed by atoms with van der Waals surface area (Å²) in [7, 11) is 0. The Balaban J connectivity index is 2.26. The molecule has 0 unspecified atom stereocenters. The molecule has 1 N–H and O–H groups in total. The van der Waals surface area contributed by atoms with Crippen LogP contribution in [0.1, 0.15) is 12.2 Å². The molecule has 2 aromatic rings. The molecule has 0 spiro atoms. The fourth-order valence-corrected chi connectivity index (χ4v) is 1.25. The van der Waals surface area contributed by atoms with Crippen molar-refractivity contribution in [3.8, 4) is 0 Å². The predicted octanol–water partition coefficient (Wildman–Crippen LogP) is 3.07. The second-order valence-electron chi connectivity index (χ2n) is 3.02. The van der Waals surface area contributed by atoms with E-state index in [1.807, 2.05) is 0 Å². The summed E-state index contributed by atoms with van der Waals surface area (Å²) in [4.78, 5) is 6.05. The molecular formula is C9H6F4N2O. The molecule has 1 aromatic heterocycles. The number of fused-ring (bicyclic) bond motifs is 1. The maximum absolute atomic E-state index is 13.0. The third-order valence-electron chi connectivity index (χ3n) is 1.86. The van der Waals surface area contributed by atoms with E-state index in [1.165, 1.54) is 0 Å². The molecule has 0 aliphatic rings. The number of halogens is 4. The second kappa shape index (κ2) is 3.75. The van der Waals surface area contributed by atoms with Crippen LogP contribution in [0.25, 0.3) is 11.0 Å². The number of hydrogen-bond donors (Lipinski definition) is 1. The first-order valence-corrected chi connectivity index (χ1v) is 4.29. The number of aromatic nitrogens is 2. The van der Waals surface area contributed by atoms with Crippen LogP contribution >= 0.6 is 0 Å². The molecule has 0 bridgehead atoms. The lowest BCUT2D eigenvalue weighted by Crippen LogP contribution is -2.16. The van der Waals surface area contributed by atoms with Crippen LogP contribution in [-0.2, 0) is 4.74 Å². The van der Waals surface area contributed by atoms with E-state index >= 15 is 0 Å². The van der Waals surface area contributed by atoms with Gasteiger partial charge in [0.25, 0.3) is 6.36 Å². The van der Waals surface area contributed by atoms with Crippen molar-refractivity contribution in [2.45, 2.75) is 12.7 Å². The molecule has 0 saturated carbocycles. The molecular weight excluding hydrogens is 228 g/mol. The highest BCUT2D eigenvalue weighted by molar-refractivity contribution is 5.74. The van der Waals surface area contributed by atoms with Gasteiger partial charge in [-0.2, -0.15) is 0 Å².